The lowest BCUT2D eigenvalue weighted by atomic mass is 10.2. The number of hydrogen-bond donors (Lipinski definition) is 2. The molecule has 3 amide bonds. The molecule has 142 valence electrons. The van der Waals surface area contributed by atoms with Crippen LogP contribution in [0.3, 0.4) is 0 Å². The highest BCUT2D eigenvalue weighted by Gasteiger charge is 2.12. The van der Waals surface area contributed by atoms with Crippen LogP contribution >= 0.6 is 0 Å². The van der Waals surface area contributed by atoms with Gasteiger partial charge in [0, 0.05) is 6.07 Å². The van der Waals surface area contributed by atoms with Crippen molar-refractivity contribution in [1.29, 1.82) is 0 Å². The fourth-order valence-corrected chi connectivity index (χ4v) is 2.07. The van der Waals surface area contributed by atoms with Crippen LogP contribution in [-0.4, -0.2) is 31.4 Å². The highest BCUT2D eigenvalue weighted by Crippen LogP contribution is 2.24. The Hall–Kier alpha value is -3.42. The molecule has 2 N–H and O–H groups in total. The summed E-state index contributed by atoms with van der Waals surface area (Å²) >= 11 is 0. The lowest BCUT2D eigenvalue weighted by molar-refractivity contribution is -0.121. The van der Waals surface area contributed by atoms with Gasteiger partial charge >= 0.3 is 6.03 Å². The Bertz CT molecular complexity index is 825. The van der Waals surface area contributed by atoms with E-state index in [9.17, 15) is 18.8 Å². The van der Waals surface area contributed by atoms with E-state index in [1.54, 1.807) is 6.07 Å². The average molecular weight is 374 g/mol. The van der Waals surface area contributed by atoms with Gasteiger partial charge in [0.05, 0.1) is 17.9 Å². The second-order valence-electron chi connectivity index (χ2n) is 5.44. The van der Waals surface area contributed by atoms with Crippen molar-refractivity contribution in [2.24, 2.45) is 0 Å². The van der Waals surface area contributed by atoms with Crippen LogP contribution in [0.15, 0.2) is 42.5 Å². The highest BCUT2D eigenvalue weighted by molar-refractivity contribution is 6.01. The Morgan fingerprint density at radius 1 is 1.15 bits per heavy atom. The number of carbonyl (C=O) groups excluding carboxylic acids is 3. The van der Waals surface area contributed by atoms with Gasteiger partial charge in [-0.3, -0.25) is 14.9 Å². The van der Waals surface area contributed by atoms with Gasteiger partial charge < -0.3 is 14.8 Å². The van der Waals surface area contributed by atoms with Gasteiger partial charge in [0.15, 0.2) is 12.9 Å². The maximum Gasteiger partial charge on any atom is 0.326 e. The number of rotatable bonds is 8. The van der Waals surface area contributed by atoms with E-state index in [4.69, 9.17) is 9.47 Å². The predicted molar refractivity (Wildman–Crippen MR) is 96.7 cm³/mol. The van der Waals surface area contributed by atoms with Crippen LogP contribution in [0.1, 0.15) is 23.7 Å². The summed E-state index contributed by atoms with van der Waals surface area (Å²) < 4.78 is 24.2. The highest BCUT2D eigenvalue weighted by atomic mass is 19.1. The van der Waals surface area contributed by atoms with Crippen molar-refractivity contribution in [3.05, 3.63) is 53.8 Å². The molecule has 0 spiro atoms. The summed E-state index contributed by atoms with van der Waals surface area (Å²) in [6, 6.07) is 9.27. The number of para-hydroxylation sites is 1. The molecule has 0 saturated heterocycles. The molecule has 2 aromatic carbocycles. The molecule has 2 aromatic rings. The third-order valence-electron chi connectivity index (χ3n) is 3.32. The number of halogens is 1. The summed E-state index contributed by atoms with van der Waals surface area (Å²) in [5, 5.41) is 4.23. The molecule has 0 aliphatic carbocycles. The maximum absolute atomic E-state index is 13.5. The van der Waals surface area contributed by atoms with Crippen LogP contribution in [0.5, 0.6) is 11.5 Å². The van der Waals surface area contributed by atoms with Gasteiger partial charge in [-0.15, -0.1) is 0 Å². The van der Waals surface area contributed by atoms with Gasteiger partial charge in [0.2, 0.25) is 0 Å². The second kappa shape index (κ2) is 9.91. The molecule has 0 unspecified atom stereocenters. The molecular formula is C19H19FN2O5. The number of anilines is 1. The summed E-state index contributed by atoms with van der Waals surface area (Å²) in [6.45, 7) is 1.94. The number of urea groups is 1. The molecule has 0 radical (unpaired) electrons. The molecule has 7 nitrogen and oxygen atoms in total. The van der Waals surface area contributed by atoms with E-state index in [0.29, 0.717) is 18.6 Å². The predicted octanol–water partition coefficient (Wildman–Crippen LogP) is 3.15. The minimum atomic E-state index is -0.899. The summed E-state index contributed by atoms with van der Waals surface area (Å²) in [6.07, 6.45) is 1.40. The van der Waals surface area contributed by atoms with Gasteiger partial charge in [-0.05, 0) is 30.7 Å². The van der Waals surface area contributed by atoms with Crippen molar-refractivity contribution in [2.75, 3.05) is 18.5 Å². The van der Waals surface area contributed by atoms with Crippen molar-refractivity contribution in [1.82, 2.24) is 5.32 Å². The van der Waals surface area contributed by atoms with Crippen LogP contribution in [-0.2, 0) is 4.79 Å². The Labute approximate surface area is 155 Å². The number of carbonyl (C=O) groups is 3. The van der Waals surface area contributed by atoms with Gasteiger partial charge in [-0.1, -0.05) is 19.1 Å². The summed E-state index contributed by atoms with van der Waals surface area (Å²) in [4.78, 5) is 34.7. The van der Waals surface area contributed by atoms with Gasteiger partial charge in [0.1, 0.15) is 17.3 Å². The third-order valence-corrected chi connectivity index (χ3v) is 3.32. The lowest BCUT2D eigenvalue weighted by Gasteiger charge is -2.11. The summed E-state index contributed by atoms with van der Waals surface area (Å²) in [7, 11) is 0. The average Bonchev–Trinajstić information content (AvgIpc) is 2.66. The number of amides is 3. The Morgan fingerprint density at radius 2 is 1.93 bits per heavy atom. The van der Waals surface area contributed by atoms with Gasteiger partial charge in [-0.2, -0.15) is 0 Å². The minimum absolute atomic E-state index is 0.0623. The van der Waals surface area contributed by atoms with E-state index in [1.165, 1.54) is 36.4 Å². The molecule has 0 aliphatic heterocycles. The molecule has 0 heterocycles. The zero-order valence-electron chi connectivity index (χ0n) is 14.7. The van der Waals surface area contributed by atoms with Crippen molar-refractivity contribution < 1.29 is 28.2 Å². The van der Waals surface area contributed by atoms with Crippen LogP contribution in [0.25, 0.3) is 0 Å². The minimum Gasteiger partial charge on any atom is -0.493 e. The monoisotopic (exact) mass is 374 g/mol. The number of aldehydes is 1. The molecule has 0 saturated carbocycles. The lowest BCUT2D eigenvalue weighted by Crippen LogP contribution is -2.37. The van der Waals surface area contributed by atoms with Crippen LogP contribution in [0.2, 0.25) is 0 Å². The number of benzene rings is 2. The number of ether oxygens (including phenoxy) is 2. The van der Waals surface area contributed by atoms with Crippen LogP contribution < -0.4 is 20.1 Å². The number of nitrogens with one attached hydrogen (secondary N) is 2. The smallest absolute Gasteiger partial charge is 0.326 e. The molecule has 0 aromatic heterocycles. The molecule has 0 aliphatic rings. The quantitative estimate of drug-likeness (QED) is 0.693. The normalized spacial score (nSPS) is 10.0. The summed E-state index contributed by atoms with van der Waals surface area (Å²) in [5.41, 5.74) is 0.176. The molecule has 27 heavy (non-hydrogen) atoms. The molecule has 0 bridgehead atoms. The topological polar surface area (TPSA) is 93.7 Å². The van der Waals surface area contributed by atoms with Crippen molar-refractivity contribution >= 4 is 23.9 Å². The first kappa shape index (κ1) is 19.9. The van der Waals surface area contributed by atoms with E-state index in [0.717, 1.165) is 6.42 Å². The maximum atomic E-state index is 13.5. The van der Waals surface area contributed by atoms with E-state index in [1.807, 2.05) is 12.2 Å². The summed E-state index contributed by atoms with van der Waals surface area (Å²) in [5.74, 6) is -0.741. The van der Waals surface area contributed by atoms with E-state index in [2.05, 4.69) is 5.32 Å². The Morgan fingerprint density at radius 3 is 2.63 bits per heavy atom. The fourth-order valence-electron chi connectivity index (χ4n) is 2.07. The van der Waals surface area contributed by atoms with E-state index in [-0.39, 0.29) is 17.0 Å². The molecule has 0 fully saturated rings. The van der Waals surface area contributed by atoms with Gasteiger partial charge in [0.25, 0.3) is 5.91 Å². The second-order valence-corrected chi connectivity index (χ2v) is 5.44. The zero-order valence-corrected chi connectivity index (χ0v) is 14.7. The van der Waals surface area contributed by atoms with E-state index < -0.39 is 24.4 Å². The van der Waals surface area contributed by atoms with Crippen molar-refractivity contribution in [2.45, 2.75) is 13.3 Å². The molecular weight excluding hydrogens is 355 g/mol. The standard InChI is InChI=1S/C19H19FN2O5/c1-2-9-26-14-8-7-13(11-23)17(10-14)27-12-18(24)22-19(25)21-16-6-4-3-5-15(16)20/h3-8,10-11H,2,9,12H2,1H3,(H2,21,22,24,25). The fraction of sp³-hybridized carbons (Fsp3) is 0.211. The van der Waals surface area contributed by atoms with Gasteiger partial charge in [-0.25, -0.2) is 9.18 Å². The first-order valence-corrected chi connectivity index (χ1v) is 8.23. The van der Waals surface area contributed by atoms with Crippen LogP contribution in [0.4, 0.5) is 14.9 Å². The van der Waals surface area contributed by atoms with Crippen molar-refractivity contribution in [3.8, 4) is 11.5 Å². The van der Waals surface area contributed by atoms with E-state index >= 15 is 0 Å². The largest absolute Gasteiger partial charge is 0.493 e. The SMILES string of the molecule is CCCOc1ccc(C=O)c(OCC(=O)NC(=O)Nc2ccccc2F)c1. The zero-order chi connectivity index (χ0) is 19.6. The Kier molecular flexibility index (Phi) is 7.30. The molecule has 0 atom stereocenters. The molecule has 8 heteroatoms. The molecule has 2 rings (SSSR count). The van der Waals surface area contributed by atoms with Crippen LogP contribution in [0, 0.1) is 5.82 Å². The Balaban J connectivity index is 1.91. The number of imide groups is 1. The van der Waals surface area contributed by atoms with Crippen molar-refractivity contribution in [3.63, 3.8) is 0 Å². The first-order valence-electron chi connectivity index (χ1n) is 8.23. The third kappa shape index (κ3) is 6.10. The first-order chi connectivity index (χ1) is 13.0. The number of hydrogen-bond acceptors (Lipinski definition) is 5.